The summed E-state index contributed by atoms with van der Waals surface area (Å²) in [4.78, 5) is 14.0. The molecule has 1 saturated heterocycles. The Hall–Kier alpha value is -1.78. The third-order valence-electron chi connectivity index (χ3n) is 4.75. The predicted molar refractivity (Wildman–Crippen MR) is 94.8 cm³/mol. The number of carbonyl (C=O) groups excluding carboxylic acids is 1. The number of likely N-dealkylation sites (tertiary alicyclic amines) is 1. The van der Waals surface area contributed by atoms with Gasteiger partial charge in [-0.2, -0.15) is 5.10 Å². The van der Waals surface area contributed by atoms with Gasteiger partial charge in [0.25, 0.3) is 0 Å². The lowest BCUT2D eigenvalue weighted by Gasteiger charge is -2.33. The molecule has 1 aliphatic carbocycles. The van der Waals surface area contributed by atoms with E-state index in [1.54, 1.807) is 0 Å². The van der Waals surface area contributed by atoms with Crippen LogP contribution in [0.15, 0.2) is 18.5 Å². The van der Waals surface area contributed by atoms with Crippen LogP contribution in [0.2, 0.25) is 0 Å². The van der Waals surface area contributed by atoms with Crippen LogP contribution in [0.1, 0.15) is 70.9 Å². The van der Waals surface area contributed by atoms with Gasteiger partial charge in [0.1, 0.15) is 5.60 Å². The number of rotatable bonds is 2. The standard InChI is InChI=1S/C19H29N3O2/c1-19(2,3)24-18(23)21-11-9-17(10-12-21)22-14-16(13-20-22)15-7-5-4-6-8-15/h7,13-14,17H,4-6,8-12H2,1-3H3. The van der Waals surface area contributed by atoms with Crippen LogP contribution in [0.3, 0.4) is 0 Å². The summed E-state index contributed by atoms with van der Waals surface area (Å²) in [5.41, 5.74) is 2.28. The molecule has 132 valence electrons. The number of hydrogen-bond acceptors (Lipinski definition) is 3. The molecule has 2 aliphatic rings. The lowest BCUT2D eigenvalue weighted by atomic mass is 9.96. The fourth-order valence-corrected chi connectivity index (χ4v) is 3.44. The summed E-state index contributed by atoms with van der Waals surface area (Å²) in [7, 11) is 0. The molecule has 2 heterocycles. The Balaban J connectivity index is 1.56. The smallest absolute Gasteiger partial charge is 0.410 e. The fraction of sp³-hybridized carbons (Fsp3) is 0.684. The molecule has 0 unspecified atom stereocenters. The molecule has 0 bridgehead atoms. The molecule has 1 aliphatic heterocycles. The Morgan fingerprint density at radius 1 is 1.25 bits per heavy atom. The van der Waals surface area contributed by atoms with Crippen LogP contribution < -0.4 is 0 Å². The molecule has 5 nitrogen and oxygen atoms in total. The largest absolute Gasteiger partial charge is 0.444 e. The van der Waals surface area contributed by atoms with Crippen molar-refractivity contribution in [3.8, 4) is 0 Å². The van der Waals surface area contributed by atoms with Crippen molar-refractivity contribution < 1.29 is 9.53 Å². The number of nitrogens with zero attached hydrogens (tertiary/aromatic N) is 3. The highest BCUT2D eigenvalue weighted by Gasteiger charge is 2.28. The SMILES string of the molecule is CC(C)(C)OC(=O)N1CCC(n2cc(C3=CCCCC3)cn2)CC1. The molecule has 5 heteroatoms. The van der Waals surface area contributed by atoms with Gasteiger partial charge in [0, 0.05) is 24.8 Å². The summed E-state index contributed by atoms with van der Waals surface area (Å²) in [6.45, 7) is 7.18. The van der Waals surface area contributed by atoms with Crippen LogP contribution in [0.4, 0.5) is 4.79 Å². The van der Waals surface area contributed by atoms with Gasteiger partial charge in [0.2, 0.25) is 0 Å². The van der Waals surface area contributed by atoms with Crippen LogP contribution >= 0.6 is 0 Å². The molecule has 3 rings (SSSR count). The van der Waals surface area contributed by atoms with Crippen LogP contribution in [0.25, 0.3) is 5.57 Å². The molecule has 0 atom stereocenters. The van der Waals surface area contributed by atoms with Crippen molar-refractivity contribution >= 4 is 11.7 Å². The lowest BCUT2D eigenvalue weighted by Crippen LogP contribution is -2.42. The van der Waals surface area contributed by atoms with Gasteiger partial charge in [-0.25, -0.2) is 4.79 Å². The van der Waals surface area contributed by atoms with E-state index >= 15 is 0 Å². The number of aromatic nitrogens is 2. The third-order valence-corrected chi connectivity index (χ3v) is 4.75. The first-order valence-electron chi connectivity index (χ1n) is 9.14. The number of hydrogen-bond donors (Lipinski definition) is 0. The predicted octanol–water partition coefficient (Wildman–Crippen LogP) is 4.41. The van der Waals surface area contributed by atoms with Crippen molar-refractivity contribution in [3.63, 3.8) is 0 Å². The maximum Gasteiger partial charge on any atom is 0.410 e. The summed E-state index contributed by atoms with van der Waals surface area (Å²) in [5, 5.41) is 4.59. The van der Waals surface area contributed by atoms with Gasteiger partial charge < -0.3 is 9.64 Å². The van der Waals surface area contributed by atoms with E-state index in [-0.39, 0.29) is 6.09 Å². The Bertz CT molecular complexity index is 604. The first kappa shape index (κ1) is 17.1. The topological polar surface area (TPSA) is 47.4 Å². The highest BCUT2D eigenvalue weighted by Crippen LogP contribution is 2.29. The van der Waals surface area contributed by atoms with Crippen LogP contribution in [-0.2, 0) is 4.74 Å². The van der Waals surface area contributed by atoms with Crippen molar-refractivity contribution in [2.45, 2.75) is 70.9 Å². The van der Waals surface area contributed by atoms with Crippen molar-refractivity contribution in [3.05, 3.63) is 24.0 Å². The van der Waals surface area contributed by atoms with Crippen molar-refractivity contribution in [1.29, 1.82) is 0 Å². The van der Waals surface area contributed by atoms with E-state index in [4.69, 9.17) is 4.74 Å². The van der Waals surface area contributed by atoms with E-state index in [2.05, 4.69) is 22.1 Å². The van der Waals surface area contributed by atoms with Gasteiger partial charge in [0.15, 0.2) is 0 Å². The zero-order valence-electron chi connectivity index (χ0n) is 15.1. The zero-order valence-corrected chi connectivity index (χ0v) is 15.1. The normalized spacial score (nSPS) is 20.0. The van der Waals surface area contributed by atoms with E-state index in [9.17, 15) is 4.79 Å². The highest BCUT2D eigenvalue weighted by molar-refractivity contribution is 5.68. The molecule has 1 aromatic heterocycles. The fourth-order valence-electron chi connectivity index (χ4n) is 3.44. The number of amides is 1. The Kier molecular flexibility index (Phi) is 4.97. The summed E-state index contributed by atoms with van der Waals surface area (Å²) < 4.78 is 7.55. The van der Waals surface area contributed by atoms with Gasteiger partial charge in [-0.05, 0) is 64.9 Å². The van der Waals surface area contributed by atoms with Crippen LogP contribution in [0, 0.1) is 0 Å². The Labute approximate surface area is 144 Å². The molecule has 0 radical (unpaired) electrons. The number of ether oxygens (including phenoxy) is 1. The van der Waals surface area contributed by atoms with Crippen LogP contribution in [0.5, 0.6) is 0 Å². The van der Waals surface area contributed by atoms with Crippen molar-refractivity contribution in [1.82, 2.24) is 14.7 Å². The summed E-state index contributed by atoms with van der Waals surface area (Å²) >= 11 is 0. The van der Waals surface area contributed by atoms with Gasteiger partial charge in [0.05, 0.1) is 12.2 Å². The molecule has 0 spiro atoms. The summed E-state index contributed by atoms with van der Waals surface area (Å²) in [6.07, 6.45) is 13.1. The second-order valence-corrected chi connectivity index (χ2v) is 7.88. The van der Waals surface area contributed by atoms with Gasteiger partial charge >= 0.3 is 6.09 Å². The molecule has 1 fully saturated rings. The average molecular weight is 331 g/mol. The molecular formula is C19H29N3O2. The van der Waals surface area contributed by atoms with E-state index in [0.29, 0.717) is 6.04 Å². The third kappa shape index (κ3) is 4.19. The van der Waals surface area contributed by atoms with Gasteiger partial charge in [-0.15, -0.1) is 0 Å². The maximum atomic E-state index is 12.1. The van der Waals surface area contributed by atoms with E-state index < -0.39 is 5.60 Å². The van der Waals surface area contributed by atoms with Gasteiger partial charge in [-0.3, -0.25) is 4.68 Å². The van der Waals surface area contributed by atoms with Crippen molar-refractivity contribution in [2.75, 3.05) is 13.1 Å². The molecular weight excluding hydrogens is 302 g/mol. The number of carbonyl (C=O) groups is 1. The number of piperidine rings is 1. The number of allylic oxidation sites excluding steroid dienone is 2. The monoisotopic (exact) mass is 331 g/mol. The van der Waals surface area contributed by atoms with Crippen molar-refractivity contribution in [2.24, 2.45) is 0 Å². The molecule has 0 N–H and O–H groups in total. The van der Waals surface area contributed by atoms with E-state index in [0.717, 1.165) is 25.9 Å². The minimum atomic E-state index is -0.432. The second kappa shape index (κ2) is 6.99. The molecule has 0 saturated carbocycles. The first-order chi connectivity index (χ1) is 11.4. The lowest BCUT2D eigenvalue weighted by molar-refractivity contribution is 0.0185. The Morgan fingerprint density at radius 2 is 2.00 bits per heavy atom. The molecule has 24 heavy (non-hydrogen) atoms. The molecule has 0 aromatic carbocycles. The van der Waals surface area contributed by atoms with Crippen LogP contribution in [-0.4, -0.2) is 39.5 Å². The Morgan fingerprint density at radius 3 is 2.62 bits per heavy atom. The second-order valence-electron chi connectivity index (χ2n) is 7.88. The first-order valence-corrected chi connectivity index (χ1v) is 9.14. The summed E-state index contributed by atoms with van der Waals surface area (Å²) in [5.74, 6) is 0. The molecule has 1 amide bonds. The maximum absolute atomic E-state index is 12.1. The minimum absolute atomic E-state index is 0.200. The quantitative estimate of drug-likeness (QED) is 0.806. The van der Waals surface area contributed by atoms with E-state index in [1.807, 2.05) is 31.9 Å². The summed E-state index contributed by atoms with van der Waals surface area (Å²) in [6, 6.07) is 0.377. The highest BCUT2D eigenvalue weighted by atomic mass is 16.6. The van der Waals surface area contributed by atoms with Gasteiger partial charge in [-0.1, -0.05) is 6.08 Å². The molecule has 1 aromatic rings. The minimum Gasteiger partial charge on any atom is -0.444 e. The zero-order chi connectivity index (χ0) is 17.2. The van der Waals surface area contributed by atoms with E-state index in [1.165, 1.54) is 36.8 Å². The average Bonchev–Trinajstić information content (AvgIpc) is 3.04.